The zero-order valence-corrected chi connectivity index (χ0v) is 11.9. The Balaban J connectivity index is 1.68. The van der Waals surface area contributed by atoms with Gasteiger partial charge >= 0.3 is 0 Å². The average molecular weight is 299 g/mol. The third-order valence-electron chi connectivity index (χ3n) is 3.03. The fourth-order valence-electron chi connectivity index (χ4n) is 1.91. The van der Waals surface area contributed by atoms with Gasteiger partial charge in [-0.25, -0.2) is 19.0 Å². The van der Waals surface area contributed by atoms with Crippen LogP contribution in [0.2, 0.25) is 0 Å². The Morgan fingerprint density at radius 1 is 1.23 bits per heavy atom. The van der Waals surface area contributed by atoms with Gasteiger partial charge in [-0.15, -0.1) is 5.10 Å². The predicted octanol–water partition coefficient (Wildman–Crippen LogP) is 2.42. The second-order valence-electron chi connectivity index (χ2n) is 4.52. The van der Waals surface area contributed by atoms with Gasteiger partial charge in [0, 0.05) is 37.3 Å². The van der Waals surface area contributed by atoms with Gasteiger partial charge < -0.3 is 10.1 Å². The number of halogens is 1. The molecule has 0 aromatic carbocycles. The van der Waals surface area contributed by atoms with E-state index in [0.717, 1.165) is 5.56 Å². The van der Waals surface area contributed by atoms with Crippen LogP contribution in [0.25, 0.3) is 5.82 Å². The van der Waals surface area contributed by atoms with Crippen LogP contribution in [0.1, 0.15) is 5.56 Å². The number of ether oxygens (including phenoxy) is 1. The number of rotatable bonds is 5. The molecule has 6 nitrogen and oxygen atoms in total. The van der Waals surface area contributed by atoms with E-state index in [2.05, 4.69) is 20.4 Å². The number of methoxy groups -OCH3 is 1. The van der Waals surface area contributed by atoms with E-state index in [1.807, 2.05) is 6.07 Å². The van der Waals surface area contributed by atoms with Crippen molar-refractivity contribution in [2.75, 3.05) is 12.4 Å². The summed E-state index contributed by atoms with van der Waals surface area (Å²) in [5.74, 6) is 0.942. The van der Waals surface area contributed by atoms with Gasteiger partial charge in [0.05, 0.1) is 7.11 Å². The van der Waals surface area contributed by atoms with E-state index in [0.29, 0.717) is 18.2 Å². The fraction of sp³-hybridized carbons (Fsp3) is 0.133. The molecule has 0 amide bonds. The Kier molecular flexibility index (Phi) is 3.95. The summed E-state index contributed by atoms with van der Waals surface area (Å²) in [6.45, 7) is 0.554. The molecule has 0 aliphatic carbocycles. The molecule has 3 heterocycles. The largest absolute Gasteiger partial charge is 0.481 e. The lowest BCUT2D eigenvalue weighted by Gasteiger charge is -2.04. The number of hydrogen-bond acceptors (Lipinski definition) is 5. The minimum Gasteiger partial charge on any atom is -0.481 e. The topological polar surface area (TPSA) is 64.9 Å². The highest BCUT2D eigenvalue weighted by Crippen LogP contribution is 2.13. The lowest BCUT2D eigenvalue weighted by atomic mass is 10.3. The van der Waals surface area contributed by atoms with Crippen LogP contribution in [-0.2, 0) is 6.54 Å². The lowest BCUT2D eigenvalue weighted by Crippen LogP contribution is -2.04. The molecule has 0 atom stereocenters. The molecular weight excluding hydrogens is 285 g/mol. The van der Waals surface area contributed by atoms with E-state index in [4.69, 9.17) is 4.74 Å². The van der Waals surface area contributed by atoms with Gasteiger partial charge in [0.25, 0.3) is 0 Å². The maximum absolute atomic E-state index is 13.6. The van der Waals surface area contributed by atoms with E-state index < -0.39 is 5.82 Å². The van der Waals surface area contributed by atoms with E-state index in [-0.39, 0.29) is 5.82 Å². The molecule has 0 radical (unpaired) electrons. The van der Waals surface area contributed by atoms with Crippen LogP contribution in [0.5, 0.6) is 5.88 Å². The van der Waals surface area contributed by atoms with Crippen molar-refractivity contribution in [3.63, 3.8) is 0 Å². The van der Waals surface area contributed by atoms with Gasteiger partial charge in [-0.2, -0.15) is 0 Å². The van der Waals surface area contributed by atoms with Crippen molar-refractivity contribution >= 4 is 5.82 Å². The van der Waals surface area contributed by atoms with E-state index >= 15 is 0 Å². The Labute approximate surface area is 126 Å². The predicted molar refractivity (Wildman–Crippen MR) is 79.4 cm³/mol. The van der Waals surface area contributed by atoms with Crippen molar-refractivity contribution in [1.29, 1.82) is 0 Å². The molecule has 3 rings (SSSR count). The molecule has 3 aromatic heterocycles. The molecule has 1 N–H and O–H groups in total. The quantitative estimate of drug-likeness (QED) is 0.784. The Bertz CT molecular complexity index is 757. The van der Waals surface area contributed by atoms with E-state index in [1.54, 1.807) is 31.6 Å². The van der Waals surface area contributed by atoms with Crippen LogP contribution < -0.4 is 10.1 Å². The first-order valence-corrected chi connectivity index (χ1v) is 6.65. The average Bonchev–Trinajstić information content (AvgIpc) is 3.02. The number of pyridine rings is 2. The highest BCUT2D eigenvalue weighted by molar-refractivity contribution is 5.36. The molecule has 22 heavy (non-hydrogen) atoms. The lowest BCUT2D eigenvalue weighted by molar-refractivity contribution is 0.397. The molecule has 112 valence electrons. The highest BCUT2D eigenvalue weighted by atomic mass is 19.1. The van der Waals surface area contributed by atoms with Gasteiger partial charge in [-0.05, 0) is 17.7 Å². The standard InChI is InChI=1S/C15H14FN5O/c1-22-14-5-4-11(10-19-14)9-18-13-6-8-21(20-13)15-12(16)3-2-7-17-15/h2-8,10H,9H2,1H3,(H,18,20). The molecule has 0 unspecified atom stereocenters. The zero-order valence-electron chi connectivity index (χ0n) is 11.9. The molecular formula is C15H14FN5O. The number of aromatic nitrogens is 4. The van der Waals surface area contributed by atoms with Crippen molar-refractivity contribution in [2.45, 2.75) is 6.54 Å². The summed E-state index contributed by atoms with van der Waals surface area (Å²) in [7, 11) is 1.57. The number of nitrogens with zero attached hydrogens (tertiary/aromatic N) is 4. The van der Waals surface area contributed by atoms with Crippen LogP contribution in [0.15, 0.2) is 48.9 Å². The minimum atomic E-state index is -0.420. The van der Waals surface area contributed by atoms with Crippen LogP contribution in [0.3, 0.4) is 0 Å². The van der Waals surface area contributed by atoms with Crippen molar-refractivity contribution < 1.29 is 9.13 Å². The fourth-order valence-corrected chi connectivity index (χ4v) is 1.91. The summed E-state index contributed by atoms with van der Waals surface area (Å²) in [6.07, 6.45) is 4.90. The molecule has 0 saturated carbocycles. The van der Waals surface area contributed by atoms with Gasteiger partial charge in [0.1, 0.15) is 5.82 Å². The first-order chi connectivity index (χ1) is 10.8. The monoisotopic (exact) mass is 299 g/mol. The van der Waals surface area contributed by atoms with Crippen molar-refractivity contribution in [3.05, 3.63) is 60.3 Å². The number of nitrogens with one attached hydrogen (secondary N) is 1. The van der Waals surface area contributed by atoms with Crippen LogP contribution >= 0.6 is 0 Å². The SMILES string of the molecule is COc1ccc(CNc2ccn(-c3ncccc3F)n2)cn1. The third-order valence-corrected chi connectivity index (χ3v) is 3.03. The minimum absolute atomic E-state index is 0.168. The smallest absolute Gasteiger partial charge is 0.212 e. The molecule has 7 heteroatoms. The molecule has 0 bridgehead atoms. The summed E-state index contributed by atoms with van der Waals surface area (Å²) in [5.41, 5.74) is 0.986. The summed E-state index contributed by atoms with van der Waals surface area (Å²) in [6, 6.07) is 8.34. The molecule has 3 aromatic rings. The second kappa shape index (κ2) is 6.21. The van der Waals surface area contributed by atoms with Gasteiger partial charge in [0.2, 0.25) is 5.88 Å². The molecule has 0 aliphatic rings. The molecule has 0 aliphatic heterocycles. The summed E-state index contributed by atoms with van der Waals surface area (Å²) >= 11 is 0. The first kappa shape index (κ1) is 14.0. The van der Waals surface area contributed by atoms with Crippen molar-refractivity contribution in [2.24, 2.45) is 0 Å². The Morgan fingerprint density at radius 2 is 2.14 bits per heavy atom. The van der Waals surface area contributed by atoms with Crippen LogP contribution in [0.4, 0.5) is 10.2 Å². The second-order valence-corrected chi connectivity index (χ2v) is 4.52. The maximum Gasteiger partial charge on any atom is 0.212 e. The van der Waals surface area contributed by atoms with Gasteiger partial charge in [-0.1, -0.05) is 6.07 Å². The number of hydrogen-bond donors (Lipinski definition) is 1. The normalized spacial score (nSPS) is 10.5. The van der Waals surface area contributed by atoms with Crippen molar-refractivity contribution in [1.82, 2.24) is 19.7 Å². The maximum atomic E-state index is 13.6. The summed E-state index contributed by atoms with van der Waals surface area (Å²) in [4.78, 5) is 8.10. The van der Waals surface area contributed by atoms with E-state index in [1.165, 1.54) is 23.0 Å². The van der Waals surface area contributed by atoms with Gasteiger partial charge in [-0.3, -0.25) is 0 Å². The summed E-state index contributed by atoms with van der Waals surface area (Å²) in [5, 5.41) is 7.39. The first-order valence-electron chi connectivity index (χ1n) is 6.65. The molecule has 0 saturated heterocycles. The van der Waals surface area contributed by atoms with Crippen molar-refractivity contribution in [3.8, 4) is 11.7 Å². The van der Waals surface area contributed by atoms with E-state index in [9.17, 15) is 4.39 Å². The Hall–Kier alpha value is -2.96. The molecule has 0 fully saturated rings. The molecule has 0 spiro atoms. The summed E-state index contributed by atoms with van der Waals surface area (Å²) < 4.78 is 20.0. The van der Waals surface area contributed by atoms with Crippen LogP contribution in [0, 0.1) is 5.82 Å². The Morgan fingerprint density at radius 3 is 2.86 bits per heavy atom. The third kappa shape index (κ3) is 3.03. The van der Waals surface area contributed by atoms with Gasteiger partial charge in [0.15, 0.2) is 11.6 Å². The zero-order chi connectivity index (χ0) is 15.4. The van der Waals surface area contributed by atoms with Crippen LogP contribution in [-0.4, -0.2) is 26.9 Å². The number of anilines is 1. The highest BCUT2D eigenvalue weighted by Gasteiger charge is 2.07.